The lowest BCUT2D eigenvalue weighted by molar-refractivity contribution is -0.0232. The highest BCUT2D eigenvalue weighted by Gasteiger charge is 2.29. The Bertz CT molecular complexity index is 1040. The van der Waals surface area contributed by atoms with Crippen LogP contribution in [0.1, 0.15) is 54.4 Å². The van der Waals surface area contributed by atoms with Crippen LogP contribution in [0.5, 0.6) is 0 Å². The summed E-state index contributed by atoms with van der Waals surface area (Å²) in [5.41, 5.74) is 1.89. The minimum atomic E-state index is -0.536. The van der Waals surface area contributed by atoms with Crippen LogP contribution in [0.15, 0.2) is 52.3 Å². The number of hydrogen-bond acceptors (Lipinski definition) is 6. The molecule has 0 N–H and O–H groups in total. The van der Waals surface area contributed by atoms with Gasteiger partial charge in [-0.3, -0.25) is 4.90 Å². The quantitative estimate of drug-likeness (QED) is 0.312. The first-order chi connectivity index (χ1) is 18.2. The third kappa shape index (κ3) is 8.54. The number of carbonyl (C=O) groups excluding carboxylic acids is 1. The number of ether oxygens (including phenoxy) is 2. The van der Waals surface area contributed by atoms with Gasteiger partial charge in [0.05, 0.1) is 24.1 Å². The zero-order chi connectivity index (χ0) is 27.7. The molecule has 38 heavy (non-hydrogen) atoms. The van der Waals surface area contributed by atoms with Crippen LogP contribution in [0.25, 0.3) is 0 Å². The second-order valence-corrected chi connectivity index (χ2v) is 11.8. The molecule has 2 heterocycles. The second-order valence-electron chi connectivity index (χ2n) is 10.3. The maximum Gasteiger partial charge on any atom is 0.410 e. The molecule has 1 fully saturated rings. The molecule has 0 aromatic heterocycles. The molecule has 1 saturated heterocycles. The summed E-state index contributed by atoms with van der Waals surface area (Å²) >= 11 is 8.15. The Morgan fingerprint density at radius 1 is 1.00 bits per heavy atom. The summed E-state index contributed by atoms with van der Waals surface area (Å²) in [4.78, 5) is 21.9. The number of amides is 1. The Kier molecular flexibility index (Phi) is 11.6. The molecule has 210 valence electrons. The van der Waals surface area contributed by atoms with Crippen molar-refractivity contribution in [3.8, 4) is 0 Å². The fraction of sp³-hybridized carbons (Fsp3) is 0.567. The zero-order valence-electron chi connectivity index (χ0n) is 23.8. The molecule has 2 aromatic rings. The summed E-state index contributed by atoms with van der Waals surface area (Å²) in [6.45, 7) is 17.5. The van der Waals surface area contributed by atoms with E-state index in [-0.39, 0.29) is 12.2 Å². The van der Waals surface area contributed by atoms with Gasteiger partial charge in [-0.05, 0) is 71.0 Å². The molecule has 0 aliphatic carbocycles. The normalized spacial score (nSPS) is 15.5. The summed E-state index contributed by atoms with van der Waals surface area (Å²) in [6.07, 6.45) is 1.67. The van der Waals surface area contributed by atoms with Gasteiger partial charge in [-0.15, -0.1) is 0 Å². The van der Waals surface area contributed by atoms with E-state index < -0.39 is 5.60 Å². The van der Waals surface area contributed by atoms with Crippen molar-refractivity contribution in [2.45, 2.75) is 75.9 Å². The molecule has 2 aliphatic rings. The fourth-order valence-electron chi connectivity index (χ4n) is 4.54. The number of fused-ring (bicyclic) bond motifs is 2. The first kappa shape index (κ1) is 30.6. The van der Waals surface area contributed by atoms with Crippen molar-refractivity contribution in [2.75, 3.05) is 50.8 Å². The Morgan fingerprint density at radius 3 is 2.39 bits per heavy atom. The molecule has 8 heteroatoms. The number of nitrogens with zero attached hydrogens (tertiary/aromatic N) is 3. The highest BCUT2D eigenvalue weighted by Crippen LogP contribution is 2.48. The average Bonchev–Trinajstić information content (AvgIpc) is 2.89. The number of benzene rings is 2. The van der Waals surface area contributed by atoms with Crippen LogP contribution in [0.4, 0.5) is 16.2 Å². The van der Waals surface area contributed by atoms with E-state index in [2.05, 4.69) is 46.2 Å². The highest BCUT2D eigenvalue weighted by molar-refractivity contribution is 7.99. The van der Waals surface area contributed by atoms with E-state index in [1.807, 2.05) is 52.5 Å². The van der Waals surface area contributed by atoms with E-state index in [0.717, 1.165) is 37.6 Å². The van der Waals surface area contributed by atoms with E-state index in [1.54, 1.807) is 11.8 Å². The molecule has 0 saturated carbocycles. The zero-order valence-corrected chi connectivity index (χ0v) is 25.4. The number of anilines is 2. The largest absolute Gasteiger partial charge is 0.443 e. The summed E-state index contributed by atoms with van der Waals surface area (Å²) in [5.74, 6) is 0. The fourth-order valence-corrected chi connectivity index (χ4v) is 5.78. The second kappa shape index (κ2) is 14.5. The highest BCUT2D eigenvalue weighted by atomic mass is 35.5. The maximum absolute atomic E-state index is 12.7. The van der Waals surface area contributed by atoms with Crippen LogP contribution in [-0.2, 0) is 9.47 Å². The van der Waals surface area contributed by atoms with Gasteiger partial charge >= 0.3 is 6.09 Å². The molecular weight excluding hydrogens is 518 g/mol. The Labute approximate surface area is 238 Å². The first-order valence-electron chi connectivity index (χ1n) is 13.9. The number of hydrogen-bond donors (Lipinski definition) is 0. The van der Waals surface area contributed by atoms with Crippen molar-refractivity contribution >= 4 is 40.8 Å². The average molecular weight is 562 g/mol. The van der Waals surface area contributed by atoms with Gasteiger partial charge in [0.1, 0.15) is 5.60 Å². The number of halogens is 1. The van der Waals surface area contributed by atoms with Gasteiger partial charge in [-0.2, -0.15) is 0 Å². The monoisotopic (exact) mass is 561 g/mol. The third-order valence-electron chi connectivity index (χ3n) is 6.59. The van der Waals surface area contributed by atoms with Crippen molar-refractivity contribution in [3.05, 3.63) is 47.5 Å². The maximum atomic E-state index is 12.7. The molecule has 0 bridgehead atoms. The molecule has 6 nitrogen and oxygen atoms in total. The molecule has 4 rings (SSSR count). The van der Waals surface area contributed by atoms with Gasteiger partial charge in [0.15, 0.2) is 0 Å². The lowest BCUT2D eigenvalue weighted by Crippen LogP contribution is -2.50. The molecular formula is C30H44ClN3O3S. The number of para-hydroxylation sites is 1. The van der Waals surface area contributed by atoms with Crippen molar-refractivity contribution in [3.63, 3.8) is 0 Å². The van der Waals surface area contributed by atoms with E-state index in [4.69, 9.17) is 21.1 Å². The van der Waals surface area contributed by atoms with E-state index in [1.165, 1.54) is 21.2 Å². The minimum Gasteiger partial charge on any atom is -0.443 e. The lowest BCUT2D eigenvalue weighted by Gasteiger charge is -2.37. The summed E-state index contributed by atoms with van der Waals surface area (Å²) < 4.78 is 11.4. The van der Waals surface area contributed by atoms with Crippen molar-refractivity contribution in [1.29, 1.82) is 0 Å². The summed E-state index contributed by atoms with van der Waals surface area (Å²) in [7, 11) is 0. The third-order valence-corrected chi connectivity index (χ3v) is 7.96. The first-order valence-corrected chi connectivity index (χ1v) is 15.1. The standard InChI is InChI=1S/C28H38ClN3O3S.C2H6/c1-21(2)34-19-12-28(3,4)35-27(33)31-17-15-30(16-18-31)13-7-14-32-23-8-5-6-9-25(23)36-26-11-10-22(29)20-24(26)32;1-2/h5-6,8-11,20-21H,7,12-19H2,1-4H3;1-2H3. The Balaban J connectivity index is 0.00000195. The van der Waals surface area contributed by atoms with E-state index in [0.29, 0.717) is 26.1 Å². The van der Waals surface area contributed by atoms with Crippen LogP contribution >= 0.6 is 23.4 Å². The SMILES string of the molecule is CC.CC(C)OCCC(C)(C)OC(=O)N1CCN(CCCN2c3ccccc3Sc3ccc(Cl)cc32)CC1. The van der Waals surface area contributed by atoms with Crippen LogP contribution in [0.3, 0.4) is 0 Å². The predicted molar refractivity (Wildman–Crippen MR) is 159 cm³/mol. The number of piperazine rings is 1. The summed E-state index contributed by atoms with van der Waals surface area (Å²) in [5, 5.41) is 0.761. The Hall–Kier alpha value is -1.93. The van der Waals surface area contributed by atoms with E-state index in [9.17, 15) is 4.79 Å². The smallest absolute Gasteiger partial charge is 0.410 e. The van der Waals surface area contributed by atoms with Crippen molar-refractivity contribution in [2.24, 2.45) is 0 Å². The molecule has 2 aliphatic heterocycles. The van der Waals surface area contributed by atoms with Gasteiger partial charge < -0.3 is 19.3 Å². The van der Waals surface area contributed by atoms with Crippen LogP contribution < -0.4 is 4.90 Å². The molecule has 0 radical (unpaired) electrons. The molecule has 0 unspecified atom stereocenters. The predicted octanol–water partition coefficient (Wildman–Crippen LogP) is 7.71. The van der Waals surface area contributed by atoms with Crippen molar-refractivity contribution < 1.29 is 14.3 Å². The number of rotatable bonds is 9. The minimum absolute atomic E-state index is 0.181. The molecule has 0 spiro atoms. The van der Waals surface area contributed by atoms with Crippen LogP contribution in [0, 0.1) is 0 Å². The van der Waals surface area contributed by atoms with Gasteiger partial charge in [-0.25, -0.2) is 4.79 Å². The topological polar surface area (TPSA) is 45.3 Å². The molecule has 0 atom stereocenters. The van der Waals surface area contributed by atoms with Gasteiger partial charge in [-0.1, -0.05) is 49.3 Å². The van der Waals surface area contributed by atoms with Crippen LogP contribution in [-0.4, -0.2) is 73.5 Å². The van der Waals surface area contributed by atoms with Crippen molar-refractivity contribution in [1.82, 2.24) is 9.80 Å². The van der Waals surface area contributed by atoms with E-state index >= 15 is 0 Å². The number of carbonyl (C=O) groups is 1. The summed E-state index contributed by atoms with van der Waals surface area (Å²) in [6, 6.07) is 14.7. The molecule has 2 aromatic carbocycles. The van der Waals surface area contributed by atoms with Gasteiger partial charge in [0, 0.05) is 54.0 Å². The molecule has 1 amide bonds. The lowest BCUT2D eigenvalue weighted by atomic mass is 10.1. The van der Waals surface area contributed by atoms with Crippen LogP contribution in [0.2, 0.25) is 5.02 Å². The van der Waals surface area contributed by atoms with Gasteiger partial charge in [0.2, 0.25) is 0 Å². The van der Waals surface area contributed by atoms with Gasteiger partial charge in [0.25, 0.3) is 0 Å². The Morgan fingerprint density at radius 2 is 1.68 bits per heavy atom.